The third-order valence-corrected chi connectivity index (χ3v) is 3.43. The molecule has 4 nitrogen and oxygen atoms in total. The third-order valence-electron chi connectivity index (χ3n) is 2.91. The van der Waals surface area contributed by atoms with Gasteiger partial charge in [0.2, 0.25) is 0 Å². The van der Waals surface area contributed by atoms with Gasteiger partial charge in [-0.05, 0) is 25.7 Å². The first kappa shape index (κ1) is 14.3. The van der Waals surface area contributed by atoms with Crippen LogP contribution in [0, 0.1) is 5.92 Å². The van der Waals surface area contributed by atoms with Gasteiger partial charge in [0, 0.05) is 19.2 Å². The standard InChI is InChI=1S/C10H17N3OS.HI/c1-8(9-3-2-4-14-7-9)11-5-10-6-12-15-13-10;/h6,8-9,11H,2-5,7H2,1H3;1H. The van der Waals surface area contributed by atoms with Gasteiger partial charge in [0.1, 0.15) is 0 Å². The molecule has 1 saturated heterocycles. The molecule has 2 unspecified atom stereocenters. The van der Waals surface area contributed by atoms with Gasteiger partial charge in [-0.2, -0.15) is 8.75 Å². The minimum atomic E-state index is 0. The summed E-state index contributed by atoms with van der Waals surface area (Å²) in [7, 11) is 0. The van der Waals surface area contributed by atoms with Crippen LogP contribution in [0.25, 0.3) is 0 Å². The fraction of sp³-hybridized carbons (Fsp3) is 0.800. The summed E-state index contributed by atoms with van der Waals surface area (Å²) in [6, 6.07) is 0.493. The quantitative estimate of drug-likeness (QED) is 0.840. The molecule has 0 radical (unpaired) electrons. The van der Waals surface area contributed by atoms with E-state index in [9.17, 15) is 0 Å². The monoisotopic (exact) mass is 355 g/mol. The molecule has 0 amide bonds. The van der Waals surface area contributed by atoms with Gasteiger partial charge in [-0.3, -0.25) is 0 Å². The largest absolute Gasteiger partial charge is 0.381 e. The molecule has 16 heavy (non-hydrogen) atoms. The second-order valence-corrected chi connectivity index (χ2v) is 4.60. The van der Waals surface area contributed by atoms with Crippen LogP contribution in [0.15, 0.2) is 6.20 Å². The molecule has 2 rings (SSSR count). The molecule has 0 aromatic carbocycles. The number of nitrogens with one attached hydrogen (secondary N) is 1. The van der Waals surface area contributed by atoms with E-state index < -0.39 is 0 Å². The zero-order valence-corrected chi connectivity index (χ0v) is 12.5. The smallest absolute Gasteiger partial charge is 0.0880 e. The average Bonchev–Trinajstić information content (AvgIpc) is 2.80. The van der Waals surface area contributed by atoms with Crippen molar-refractivity contribution in [2.75, 3.05) is 13.2 Å². The predicted octanol–water partition coefficient (Wildman–Crippen LogP) is 2.06. The molecule has 2 heterocycles. The van der Waals surface area contributed by atoms with Crippen molar-refractivity contribution in [3.05, 3.63) is 11.9 Å². The van der Waals surface area contributed by atoms with E-state index in [0.717, 1.165) is 25.5 Å². The third kappa shape index (κ3) is 4.23. The van der Waals surface area contributed by atoms with Crippen LogP contribution in [-0.4, -0.2) is 28.0 Å². The van der Waals surface area contributed by atoms with Gasteiger partial charge in [0.15, 0.2) is 0 Å². The maximum atomic E-state index is 5.47. The highest BCUT2D eigenvalue weighted by Crippen LogP contribution is 2.17. The lowest BCUT2D eigenvalue weighted by atomic mass is 9.95. The van der Waals surface area contributed by atoms with Gasteiger partial charge >= 0.3 is 0 Å². The highest BCUT2D eigenvalue weighted by atomic mass is 127. The number of hydrogen-bond acceptors (Lipinski definition) is 5. The first-order valence-corrected chi connectivity index (χ1v) is 6.17. The molecule has 0 aliphatic carbocycles. The Morgan fingerprint density at radius 2 is 2.56 bits per heavy atom. The molecular formula is C10H18IN3OS. The van der Waals surface area contributed by atoms with Gasteiger partial charge in [-0.1, -0.05) is 0 Å². The van der Waals surface area contributed by atoms with E-state index >= 15 is 0 Å². The summed E-state index contributed by atoms with van der Waals surface area (Å²) in [6.45, 7) is 4.86. The molecule has 6 heteroatoms. The van der Waals surface area contributed by atoms with E-state index in [1.807, 2.05) is 6.20 Å². The Labute approximate surface area is 118 Å². The first-order chi connectivity index (χ1) is 7.36. The van der Waals surface area contributed by atoms with Gasteiger partial charge in [-0.25, -0.2) is 0 Å². The van der Waals surface area contributed by atoms with Gasteiger partial charge < -0.3 is 10.1 Å². The molecule has 1 N–H and O–H groups in total. The van der Waals surface area contributed by atoms with Crippen LogP contribution in [0.3, 0.4) is 0 Å². The SMILES string of the molecule is CC(NCc1cnsn1)C1CCCOC1.I. The van der Waals surface area contributed by atoms with Gasteiger partial charge in [0.05, 0.1) is 30.2 Å². The fourth-order valence-corrected chi connectivity index (χ4v) is 2.29. The van der Waals surface area contributed by atoms with Crippen LogP contribution in [0.1, 0.15) is 25.5 Å². The van der Waals surface area contributed by atoms with Crippen LogP contribution in [0.4, 0.5) is 0 Å². The van der Waals surface area contributed by atoms with Crippen LogP contribution < -0.4 is 5.32 Å². The summed E-state index contributed by atoms with van der Waals surface area (Å²) >= 11 is 1.26. The maximum absolute atomic E-state index is 5.47. The molecule has 0 saturated carbocycles. The van der Waals surface area contributed by atoms with Crippen molar-refractivity contribution in [2.45, 2.75) is 32.4 Å². The van der Waals surface area contributed by atoms with Crippen LogP contribution in [0.5, 0.6) is 0 Å². The normalized spacial score (nSPS) is 22.4. The highest BCUT2D eigenvalue weighted by molar-refractivity contribution is 14.0. The molecule has 1 aliphatic rings. The summed E-state index contributed by atoms with van der Waals surface area (Å²) < 4.78 is 13.6. The van der Waals surface area contributed by atoms with E-state index in [4.69, 9.17) is 4.74 Å². The second kappa shape index (κ2) is 7.52. The number of nitrogens with zero attached hydrogens (tertiary/aromatic N) is 2. The number of ether oxygens (including phenoxy) is 1. The molecule has 1 aromatic heterocycles. The summed E-state index contributed by atoms with van der Waals surface area (Å²) in [4.78, 5) is 0. The van der Waals surface area contributed by atoms with Crippen molar-refractivity contribution in [3.8, 4) is 0 Å². The van der Waals surface area contributed by atoms with Crippen molar-refractivity contribution < 1.29 is 4.74 Å². The Morgan fingerprint density at radius 1 is 1.69 bits per heavy atom. The van der Waals surface area contributed by atoms with E-state index in [1.165, 1.54) is 24.6 Å². The summed E-state index contributed by atoms with van der Waals surface area (Å²) in [6.07, 6.45) is 4.28. The van der Waals surface area contributed by atoms with Crippen molar-refractivity contribution >= 4 is 35.7 Å². The summed E-state index contributed by atoms with van der Waals surface area (Å²) in [5.41, 5.74) is 1.03. The van der Waals surface area contributed by atoms with E-state index in [0.29, 0.717) is 12.0 Å². The molecule has 2 atom stereocenters. The van der Waals surface area contributed by atoms with E-state index in [2.05, 4.69) is 21.0 Å². The molecular weight excluding hydrogens is 337 g/mol. The molecule has 1 fully saturated rings. The molecule has 92 valence electrons. The topological polar surface area (TPSA) is 47.0 Å². The van der Waals surface area contributed by atoms with Gasteiger partial charge in [0.25, 0.3) is 0 Å². The van der Waals surface area contributed by atoms with Crippen molar-refractivity contribution in [3.63, 3.8) is 0 Å². The molecule has 1 aliphatic heterocycles. The first-order valence-electron chi connectivity index (χ1n) is 5.44. The lowest BCUT2D eigenvalue weighted by Gasteiger charge is -2.28. The van der Waals surface area contributed by atoms with Crippen LogP contribution >= 0.6 is 35.7 Å². The van der Waals surface area contributed by atoms with Crippen molar-refractivity contribution in [2.24, 2.45) is 5.92 Å². The Morgan fingerprint density at radius 3 is 3.19 bits per heavy atom. The number of halogens is 1. The average molecular weight is 355 g/mol. The zero-order valence-electron chi connectivity index (χ0n) is 9.39. The Kier molecular flexibility index (Phi) is 6.71. The summed E-state index contributed by atoms with van der Waals surface area (Å²) in [5.74, 6) is 0.644. The molecule has 0 spiro atoms. The Bertz CT molecular complexity index is 278. The lowest BCUT2D eigenvalue weighted by Crippen LogP contribution is -2.37. The molecule has 0 bridgehead atoms. The van der Waals surface area contributed by atoms with Crippen molar-refractivity contribution in [1.82, 2.24) is 14.1 Å². The van der Waals surface area contributed by atoms with Crippen molar-refractivity contribution in [1.29, 1.82) is 0 Å². The lowest BCUT2D eigenvalue weighted by molar-refractivity contribution is 0.0417. The van der Waals surface area contributed by atoms with Crippen LogP contribution in [0.2, 0.25) is 0 Å². The predicted molar refractivity (Wildman–Crippen MR) is 75.2 cm³/mol. The summed E-state index contributed by atoms with van der Waals surface area (Å²) in [5, 5.41) is 3.48. The maximum Gasteiger partial charge on any atom is 0.0880 e. The minimum Gasteiger partial charge on any atom is -0.381 e. The highest BCUT2D eigenvalue weighted by Gasteiger charge is 2.20. The second-order valence-electron chi connectivity index (χ2n) is 4.05. The minimum absolute atomic E-state index is 0. The zero-order chi connectivity index (χ0) is 10.5. The van der Waals surface area contributed by atoms with Gasteiger partial charge in [-0.15, -0.1) is 24.0 Å². The van der Waals surface area contributed by atoms with E-state index in [1.54, 1.807) is 0 Å². The fourth-order valence-electron chi connectivity index (χ4n) is 1.85. The number of hydrogen-bond donors (Lipinski definition) is 1. The Balaban J connectivity index is 0.00000128. The molecule has 1 aromatic rings. The van der Waals surface area contributed by atoms with E-state index in [-0.39, 0.29) is 24.0 Å². The number of aromatic nitrogens is 2. The van der Waals surface area contributed by atoms with Crippen LogP contribution in [-0.2, 0) is 11.3 Å². The number of rotatable bonds is 4. The Hall–Kier alpha value is 0.210.